The number of methoxy groups -OCH3 is 3. The van der Waals surface area contributed by atoms with Crippen molar-refractivity contribution in [2.24, 2.45) is 11.1 Å². The molecule has 0 saturated carbocycles. The predicted molar refractivity (Wildman–Crippen MR) is 161 cm³/mol. The summed E-state index contributed by atoms with van der Waals surface area (Å²) in [5, 5.41) is 22.0. The Labute approximate surface area is 256 Å². The molecule has 2 aromatic heterocycles. The zero-order valence-electron chi connectivity index (χ0n) is 24.2. The number of Topliss-reactive ketones (excluding diaryl/α,β-unsaturated/α-hetero) is 1. The van der Waals surface area contributed by atoms with E-state index in [-0.39, 0.29) is 34.3 Å². The first kappa shape index (κ1) is 30.0. The van der Waals surface area contributed by atoms with Gasteiger partial charge in [0, 0.05) is 35.5 Å². The molecule has 0 fully saturated rings. The lowest BCUT2D eigenvalue weighted by atomic mass is 9.69. The van der Waals surface area contributed by atoms with Gasteiger partial charge in [0.05, 0.1) is 50.9 Å². The minimum atomic E-state index is -0.699. The van der Waals surface area contributed by atoms with Crippen molar-refractivity contribution in [2.75, 3.05) is 37.3 Å². The van der Waals surface area contributed by atoms with Gasteiger partial charge < -0.3 is 29.7 Å². The van der Waals surface area contributed by atoms with Crippen LogP contribution in [0.5, 0.6) is 17.2 Å². The first-order valence-corrected chi connectivity index (χ1v) is 15.0. The van der Waals surface area contributed by atoms with Crippen LogP contribution < -0.4 is 30.2 Å². The highest BCUT2D eigenvalue weighted by molar-refractivity contribution is 8.01. The number of hydrogen-bond acceptors (Lipinski definition) is 13. The summed E-state index contributed by atoms with van der Waals surface area (Å²) in [6.45, 7) is 4.03. The molecule has 5 rings (SSSR count). The minimum Gasteiger partial charge on any atom is -0.493 e. The van der Waals surface area contributed by atoms with Gasteiger partial charge in [0.25, 0.3) is 0 Å². The molecule has 0 spiro atoms. The number of benzene rings is 1. The highest BCUT2D eigenvalue weighted by Crippen LogP contribution is 2.51. The van der Waals surface area contributed by atoms with Crippen LogP contribution in [-0.4, -0.2) is 49.0 Å². The average Bonchev–Trinajstić information content (AvgIpc) is 3.67. The highest BCUT2D eigenvalue weighted by Gasteiger charge is 2.46. The van der Waals surface area contributed by atoms with Gasteiger partial charge in [-0.2, -0.15) is 5.26 Å². The van der Waals surface area contributed by atoms with Gasteiger partial charge in [-0.05, 0) is 24.0 Å². The number of thioether (sulfide) groups is 1. The summed E-state index contributed by atoms with van der Waals surface area (Å²) < 4.78 is 22.2. The second kappa shape index (κ2) is 12.0. The van der Waals surface area contributed by atoms with Crippen molar-refractivity contribution in [1.29, 1.82) is 5.26 Å². The standard InChI is InChI=1S/C29H30N6O6S2/c1-29(2)11-17-24(18(36)12-29)23(19-7-6-8-41-19)16(13-30)26(31)35(17)27-33-34-28(43-27)42-14-22(37)32-15-9-20(38-3)25(40-5)21(10-15)39-4/h6-10,23H,11-12,14,31H2,1-5H3,(H,32,37). The maximum absolute atomic E-state index is 13.5. The van der Waals surface area contributed by atoms with Crippen molar-refractivity contribution in [1.82, 2.24) is 10.2 Å². The Balaban J connectivity index is 1.39. The van der Waals surface area contributed by atoms with Crippen molar-refractivity contribution in [3.05, 3.63) is 59.0 Å². The molecule has 43 heavy (non-hydrogen) atoms. The number of carbonyl (C=O) groups is 2. The van der Waals surface area contributed by atoms with E-state index in [2.05, 4.69) is 21.6 Å². The van der Waals surface area contributed by atoms with Crippen molar-refractivity contribution in [3.8, 4) is 23.3 Å². The van der Waals surface area contributed by atoms with Gasteiger partial charge in [-0.1, -0.05) is 36.9 Å². The van der Waals surface area contributed by atoms with Gasteiger partial charge >= 0.3 is 0 Å². The Morgan fingerprint density at radius 1 is 1.23 bits per heavy atom. The molecule has 3 N–H and O–H groups in total. The quantitative estimate of drug-likeness (QED) is 0.313. The number of ether oxygens (including phenoxy) is 3. The van der Waals surface area contributed by atoms with E-state index in [9.17, 15) is 14.9 Å². The smallest absolute Gasteiger partial charge is 0.234 e. The summed E-state index contributed by atoms with van der Waals surface area (Å²) in [4.78, 5) is 28.0. The fourth-order valence-electron chi connectivity index (χ4n) is 5.30. The third-order valence-corrected chi connectivity index (χ3v) is 9.11. The van der Waals surface area contributed by atoms with E-state index in [1.807, 2.05) is 13.8 Å². The SMILES string of the molecule is COc1cc(NC(=O)CSc2nnc(N3C(N)=C(C#N)C(c4ccco4)C4=C3CC(C)(C)CC4=O)s2)cc(OC)c1OC. The van der Waals surface area contributed by atoms with Crippen molar-refractivity contribution >= 4 is 45.6 Å². The van der Waals surface area contributed by atoms with Crippen molar-refractivity contribution in [3.63, 3.8) is 0 Å². The second-order valence-electron chi connectivity index (χ2n) is 10.6. The van der Waals surface area contributed by atoms with Gasteiger partial charge in [0.15, 0.2) is 21.6 Å². The number of hydrogen-bond donors (Lipinski definition) is 2. The molecule has 14 heteroatoms. The third kappa shape index (κ3) is 5.78. The molecule has 12 nitrogen and oxygen atoms in total. The fourth-order valence-corrected chi connectivity index (χ4v) is 6.98. The average molecular weight is 623 g/mol. The lowest BCUT2D eigenvalue weighted by Crippen LogP contribution is -2.42. The Hall–Kier alpha value is -4.48. The maximum Gasteiger partial charge on any atom is 0.234 e. The molecule has 0 saturated heterocycles. The van der Waals surface area contributed by atoms with Crippen LogP contribution in [0.2, 0.25) is 0 Å². The summed E-state index contributed by atoms with van der Waals surface area (Å²) in [5.74, 6) is 0.875. The van der Waals surface area contributed by atoms with Gasteiger partial charge in [-0.25, -0.2) is 0 Å². The molecule has 1 unspecified atom stereocenters. The molecule has 1 aromatic carbocycles. The molecule has 1 aliphatic carbocycles. The molecule has 3 heterocycles. The second-order valence-corrected chi connectivity index (χ2v) is 12.8. The van der Waals surface area contributed by atoms with E-state index >= 15 is 0 Å². The number of rotatable bonds is 9. The molecule has 224 valence electrons. The number of ketones is 1. The Morgan fingerprint density at radius 3 is 2.56 bits per heavy atom. The van der Waals surface area contributed by atoms with Crippen LogP contribution in [-0.2, 0) is 9.59 Å². The van der Waals surface area contributed by atoms with Crippen LogP contribution in [0.15, 0.2) is 61.9 Å². The number of nitrogens with two attached hydrogens (primary N) is 1. The number of carbonyl (C=O) groups excluding carboxylic acids is 2. The summed E-state index contributed by atoms with van der Waals surface area (Å²) in [6, 6.07) is 8.94. The molecular weight excluding hydrogens is 592 g/mol. The van der Waals surface area contributed by atoms with Crippen LogP contribution in [0, 0.1) is 16.7 Å². The Kier molecular flexibility index (Phi) is 8.38. The van der Waals surface area contributed by atoms with Crippen LogP contribution in [0.1, 0.15) is 38.4 Å². The van der Waals surface area contributed by atoms with E-state index in [1.165, 1.54) is 50.7 Å². The lowest BCUT2D eigenvalue weighted by molar-refractivity contribution is -0.118. The van der Waals surface area contributed by atoms with E-state index in [1.54, 1.807) is 29.2 Å². The van der Waals surface area contributed by atoms with Gasteiger partial charge in [-0.15, -0.1) is 10.2 Å². The molecule has 0 radical (unpaired) electrons. The van der Waals surface area contributed by atoms with Crippen LogP contribution in [0.3, 0.4) is 0 Å². The minimum absolute atomic E-state index is 0.0418. The number of nitrogens with one attached hydrogen (secondary N) is 1. The lowest BCUT2D eigenvalue weighted by Gasteiger charge is -2.42. The molecule has 2 aliphatic rings. The first-order chi connectivity index (χ1) is 20.6. The predicted octanol–water partition coefficient (Wildman–Crippen LogP) is 4.83. The van der Waals surface area contributed by atoms with Crippen LogP contribution in [0.4, 0.5) is 10.8 Å². The summed E-state index contributed by atoms with van der Waals surface area (Å²) in [5.41, 5.74) is 8.12. The van der Waals surface area contributed by atoms with E-state index in [0.717, 1.165) is 0 Å². The zero-order valence-corrected chi connectivity index (χ0v) is 25.9. The Bertz CT molecular complexity index is 1650. The van der Waals surface area contributed by atoms with Crippen LogP contribution >= 0.6 is 23.1 Å². The molecular formula is C29H30N6O6S2. The maximum atomic E-state index is 13.5. The summed E-state index contributed by atoms with van der Waals surface area (Å²) in [6.07, 6.45) is 2.37. The molecule has 0 bridgehead atoms. The Morgan fingerprint density at radius 2 is 1.95 bits per heavy atom. The largest absolute Gasteiger partial charge is 0.493 e. The first-order valence-electron chi connectivity index (χ1n) is 13.2. The van der Waals surface area contributed by atoms with E-state index < -0.39 is 5.92 Å². The summed E-state index contributed by atoms with van der Waals surface area (Å²) >= 11 is 2.41. The topological polar surface area (TPSA) is 166 Å². The fraction of sp³-hybridized carbons (Fsp3) is 0.345. The normalized spacial score (nSPS) is 17.8. The van der Waals surface area contributed by atoms with Gasteiger partial charge in [0.2, 0.25) is 16.8 Å². The number of anilines is 2. The molecule has 1 amide bonds. The van der Waals surface area contributed by atoms with Gasteiger partial charge in [-0.3, -0.25) is 14.5 Å². The van der Waals surface area contributed by atoms with E-state index in [0.29, 0.717) is 62.3 Å². The third-order valence-electron chi connectivity index (χ3n) is 7.07. The molecule has 1 atom stereocenters. The van der Waals surface area contributed by atoms with Crippen molar-refractivity contribution < 1.29 is 28.2 Å². The number of nitriles is 1. The summed E-state index contributed by atoms with van der Waals surface area (Å²) in [7, 11) is 4.49. The molecule has 1 aliphatic heterocycles. The number of allylic oxidation sites excluding steroid dienone is 3. The molecule has 3 aromatic rings. The van der Waals surface area contributed by atoms with Crippen LogP contribution in [0.25, 0.3) is 0 Å². The van der Waals surface area contributed by atoms with Crippen molar-refractivity contribution in [2.45, 2.75) is 36.9 Å². The highest BCUT2D eigenvalue weighted by atomic mass is 32.2. The van der Waals surface area contributed by atoms with Gasteiger partial charge in [0.1, 0.15) is 11.6 Å². The zero-order chi connectivity index (χ0) is 30.9. The monoisotopic (exact) mass is 622 g/mol. The number of furan rings is 1. The number of nitrogens with zero attached hydrogens (tertiary/aromatic N) is 4. The van der Waals surface area contributed by atoms with E-state index in [4.69, 9.17) is 24.4 Å². The number of amides is 1. The number of aromatic nitrogens is 2.